The SMILES string of the molecule is CCS(Br)(Br)CC. The smallest absolute Gasteiger partial charge is 0.00710 e. The summed E-state index contributed by atoms with van der Waals surface area (Å²) in [5.41, 5.74) is 0. The lowest BCUT2D eigenvalue weighted by Gasteiger charge is -2.20. The third-order valence-electron chi connectivity index (χ3n) is 0.845. The Morgan fingerprint density at radius 1 is 1.14 bits per heavy atom. The van der Waals surface area contributed by atoms with Crippen LogP contribution in [0.2, 0.25) is 0 Å². The maximum Gasteiger partial charge on any atom is -0.00710 e. The fraction of sp³-hybridized carbons (Fsp3) is 1.00. The molecule has 0 nitrogen and oxygen atoms in total. The largest absolute Gasteiger partial charge is 0.125 e. The highest BCUT2D eigenvalue weighted by Crippen LogP contribution is 2.61. The van der Waals surface area contributed by atoms with Gasteiger partial charge in [0.15, 0.2) is 0 Å². The average molecular weight is 250 g/mol. The number of halogens is 2. The topological polar surface area (TPSA) is 0 Å². The Labute approximate surface area is 61.8 Å². The molecular formula is C4H10Br2S. The molecular weight excluding hydrogens is 240 g/mol. The lowest BCUT2D eigenvalue weighted by atomic mass is 11.0. The molecule has 0 aromatic carbocycles. The van der Waals surface area contributed by atoms with Crippen molar-refractivity contribution in [2.75, 3.05) is 11.5 Å². The van der Waals surface area contributed by atoms with Crippen molar-refractivity contribution in [2.24, 2.45) is 0 Å². The minimum Gasteiger partial charge on any atom is -0.125 e. The van der Waals surface area contributed by atoms with Crippen LogP contribution >= 0.6 is 36.5 Å². The Balaban J connectivity index is 3.36. The van der Waals surface area contributed by atoms with E-state index < -0.39 is 6.89 Å². The first-order valence-corrected chi connectivity index (χ1v) is 7.96. The quantitative estimate of drug-likeness (QED) is 0.704. The maximum atomic E-state index is 3.58. The van der Waals surface area contributed by atoms with E-state index in [1.54, 1.807) is 0 Å². The first kappa shape index (κ1) is 8.31. The van der Waals surface area contributed by atoms with Crippen LogP contribution in [0.3, 0.4) is 0 Å². The molecule has 0 unspecified atom stereocenters. The van der Waals surface area contributed by atoms with Crippen molar-refractivity contribution in [1.82, 2.24) is 0 Å². The van der Waals surface area contributed by atoms with Crippen molar-refractivity contribution in [3.05, 3.63) is 0 Å². The summed E-state index contributed by atoms with van der Waals surface area (Å²) < 4.78 is 0. The zero-order chi connectivity index (χ0) is 5.91. The van der Waals surface area contributed by atoms with Crippen LogP contribution in [-0.2, 0) is 0 Å². The molecule has 0 N–H and O–H groups in total. The Hall–Kier alpha value is 1.31. The van der Waals surface area contributed by atoms with Gasteiger partial charge in [-0.3, -0.25) is 0 Å². The van der Waals surface area contributed by atoms with Crippen molar-refractivity contribution < 1.29 is 0 Å². The predicted octanol–water partition coefficient (Wildman–Crippen LogP) is 3.45. The van der Waals surface area contributed by atoms with Crippen molar-refractivity contribution in [3.63, 3.8) is 0 Å². The molecule has 0 aliphatic heterocycles. The first-order chi connectivity index (χ1) is 3.12. The fourth-order valence-corrected chi connectivity index (χ4v) is 0.612. The van der Waals surface area contributed by atoms with Gasteiger partial charge >= 0.3 is 0 Å². The van der Waals surface area contributed by atoms with Crippen molar-refractivity contribution in [2.45, 2.75) is 13.8 Å². The van der Waals surface area contributed by atoms with Crippen LogP contribution in [0.1, 0.15) is 13.8 Å². The molecule has 7 heavy (non-hydrogen) atoms. The van der Waals surface area contributed by atoms with Crippen LogP contribution in [0.5, 0.6) is 0 Å². The van der Waals surface area contributed by atoms with Crippen LogP contribution in [0.4, 0.5) is 0 Å². The number of hydrogen-bond acceptors (Lipinski definition) is 0. The summed E-state index contributed by atoms with van der Waals surface area (Å²) in [6.45, 7) is 3.83. The van der Waals surface area contributed by atoms with E-state index in [-0.39, 0.29) is 0 Å². The van der Waals surface area contributed by atoms with Gasteiger partial charge in [0.2, 0.25) is 0 Å². The maximum absolute atomic E-state index is 3.58. The molecule has 3 heteroatoms. The highest BCUT2D eigenvalue weighted by atomic mass is 79.9. The van der Waals surface area contributed by atoms with Gasteiger partial charge in [-0.15, -0.1) is 6.89 Å². The van der Waals surface area contributed by atoms with Crippen LogP contribution in [-0.4, -0.2) is 11.5 Å². The zero-order valence-electron chi connectivity index (χ0n) is 4.58. The molecule has 0 spiro atoms. The van der Waals surface area contributed by atoms with E-state index >= 15 is 0 Å². The second kappa shape index (κ2) is 3.36. The van der Waals surface area contributed by atoms with Crippen LogP contribution in [0, 0.1) is 0 Å². The van der Waals surface area contributed by atoms with Gasteiger partial charge < -0.3 is 0 Å². The zero-order valence-corrected chi connectivity index (χ0v) is 8.57. The summed E-state index contributed by atoms with van der Waals surface area (Å²) in [4.78, 5) is 0. The Bertz CT molecular complexity index is 47.7. The lowest BCUT2D eigenvalue weighted by Crippen LogP contribution is -1.85. The van der Waals surface area contributed by atoms with Crippen molar-refractivity contribution >= 4 is 36.5 Å². The predicted molar refractivity (Wildman–Crippen MR) is 46.5 cm³/mol. The summed E-state index contributed by atoms with van der Waals surface area (Å²) in [5, 5.41) is 0. The van der Waals surface area contributed by atoms with E-state index in [1.807, 2.05) is 0 Å². The van der Waals surface area contributed by atoms with Gasteiger partial charge in [-0.05, 0) is 41.1 Å². The monoisotopic (exact) mass is 248 g/mol. The van der Waals surface area contributed by atoms with Crippen molar-refractivity contribution in [3.8, 4) is 0 Å². The van der Waals surface area contributed by atoms with Crippen LogP contribution in [0.25, 0.3) is 0 Å². The van der Waals surface area contributed by atoms with Gasteiger partial charge in [-0.25, -0.2) is 0 Å². The van der Waals surface area contributed by atoms with E-state index in [0.717, 1.165) is 0 Å². The van der Waals surface area contributed by atoms with E-state index in [0.29, 0.717) is 0 Å². The molecule has 0 aromatic rings. The molecule has 0 amide bonds. The second-order valence-electron chi connectivity index (χ2n) is 1.28. The third-order valence-corrected chi connectivity index (χ3v) is 8.03. The summed E-state index contributed by atoms with van der Waals surface area (Å²) in [5.74, 6) is 2.42. The molecule has 0 aromatic heterocycles. The molecule has 0 atom stereocenters. The van der Waals surface area contributed by atoms with Gasteiger partial charge in [0.25, 0.3) is 0 Å². The molecule has 46 valence electrons. The molecule has 0 radical (unpaired) electrons. The Morgan fingerprint density at radius 2 is 1.43 bits per heavy atom. The molecule has 0 saturated heterocycles. The highest BCUT2D eigenvalue weighted by Gasteiger charge is 2.08. The van der Waals surface area contributed by atoms with Gasteiger partial charge in [-0.1, -0.05) is 13.8 Å². The van der Waals surface area contributed by atoms with E-state index in [4.69, 9.17) is 0 Å². The van der Waals surface area contributed by atoms with Gasteiger partial charge in [-0.2, -0.15) is 0 Å². The summed E-state index contributed by atoms with van der Waals surface area (Å²) in [6, 6.07) is 0. The number of rotatable bonds is 2. The van der Waals surface area contributed by atoms with E-state index in [2.05, 4.69) is 43.5 Å². The molecule has 0 rings (SSSR count). The van der Waals surface area contributed by atoms with Gasteiger partial charge in [0.1, 0.15) is 0 Å². The average Bonchev–Trinajstić information content (AvgIpc) is 1.68. The van der Waals surface area contributed by atoms with Crippen molar-refractivity contribution in [1.29, 1.82) is 0 Å². The highest BCUT2D eigenvalue weighted by molar-refractivity contribution is 9.91. The minimum atomic E-state index is -0.532. The Morgan fingerprint density at radius 3 is 1.43 bits per heavy atom. The molecule has 0 aliphatic carbocycles. The minimum absolute atomic E-state index is 0.532. The second-order valence-corrected chi connectivity index (χ2v) is 13.9. The van der Waals surface area contributed by atoms with Gasteiger partial charge in [0, 0.05) is 0 Å². The molecule has 0 heterocycles. The molecule has 0 saturated carbocycles. The summed E-state index contributed by atoms with van der Waals surface area (Å²) in [6.07, 6.45) is 0. The molecule has 0 aliphatic rings. The summed E-state index contributed by atoms with van der Waals surface area (Å²) in [7, 11) is 0. The normalized spacial score (nSPS) is 14.3. The summed E-state index contributed by atoms with van der Waals surface area (Å²) >= 11 is 7.16. The van der Waals surface area contributed by atoms with Crippen LogP contribution in [0.15, 0.2) is 0 Å². The Kier molecular flexibility index (Phi) is 3.99. The van der Waals surface area contributed by atoms with Gasteiger partial charge in [0.05, 0.1) is 0 Å². The van der Waals surface area contributed by atoms with E-state index in [1.165, 1.54) is 11.5 Å². The van der Waals surface area contributed by atoms with E-state index in [9.17, 15) is 0 Å². The lowest BCUT2D eigenvalue weighted by molar-refractivity contribution is 1.46. The number of hydrogen-bond donors (Lipinski definition) is 0. The standard InChI is InChI=1S/C4H10Br2S/c1-3-7(5,6)4-2/h3-4H2,1-2H3. The fourth-order valence-electron chi connectivity index (χ4n) is 0.204. The molecule has 0 fully saturated rings. The first-order valence-electron chi connectivity index (χ1n) is 2.30. The third kappa shape index (κ3) is 3.86. The van der Waals surface area contributed by atoms with Crippen LogP contribution < -0.4 is 0 Å². The molecule has 0 bridgehead atoms.